The Labute approximate surface area is 673 Å². The average molecular weight is 1590 g/mol. The predicted molar refractivity (Wildman–Crippen MR) is 454 cm³/mol. The number of anilines is 4. The minimum Gasteiger partial charge on any atom is -0.383 e. The van der Waals surface area contributed by atoms with Crippen molar-refractivity contribution in [2.45, 2.75) is 206 Å². The van der Waals surface area contributed by atoms with Gasteiger partial charge in [-0.1, -0.05) is 113 Å². The molecule has 34 nitrogen and oxygen atoms in total. The van der Waals surface area contributed by atoms with Crippen LogP contribution in [0.5, 0.6) is 0 Å². The van der Waals surface area contributed by atoms with Gasteiger partial charge < -0.3 is 73.5 Å². The van der Waals surface area contributed by atoms with Gasteiger partial charge in [-0.15, -0.1) is 0 Å². The first-order chi connectivity index (χ1) is 55.1. The highest BCUT2D eigenvalue weighted by atomic mass is 16.2. The standard InChI is InChI=1S/C15H19N5O2.C15H19N5O.C13H20N4O2.C13H16N4O.C13H16N4.C13H17N3O3/c1-4-11(21)17-7-5-6-10-8-20(9(2)3)13-12(10)14(22)19-15(16)18-13;1-4-12(21)17-7-5-6-11-8-20(10(2)3)15-13(11)14(16)18-9-19-15;1-4-11(18)15-7-5-6-10-8-17(9(2)3)13(19)16-12(10)14;1-4-5-6-9-7-17(8(2)3)11-10(9)12(18)16-13(14)15-11;1-4-5-6-10-7-17(9(2)3)13-11(10)12(14)15-8-16-13;1-4-11(17)14-7-5-6-10-8-16(9(2)3)13(19)15-12(10)18/h8-9H,4,7H2,1-3H3,(H,17,21)(H3,16,18,19,22);8-10H,4,7H2,1-3H3,(H,17,21)(H2,16,18,19);8-9,12H,4,7,14H2,1-3H3,(H,15,18)(H,16,19);7-8H,4H2,1-3H3,(H3,14,15,16,18);7-9H,4H2,1-3H3,(H2,14,15,16);8-9H,4,7H2,1-3H3,(H,14,17)(H,15,18,19). The summed E-state index contributed by atoms with van der Waals surface area (Å²) in [6, 6.07) is 0.618. The number of hydrogen-bond acceptors (Lipinski definition) is 20. The number of carbonyl (C=O) groups is 5. The maximum absolute atomic E-state index is 12.1. The van der Waals surface area contributed by atoms with Gasteiger partial charge in [0.1, 0.15) is 47.3 Å². The number of rotatable bonds is 14. The number of nitrogens with zero attached hydrogens (tertiary/aromatic N) is 12. The molecule has 0 saturated carbocycles. The number of aromatic amines is 3. The summed E-state index contributed by atoms with van der Waals surface area (Å²) in [4.78, 5) is 137. The minimum atomic E-state index is -0.600. The average Bonchev–Trinajstić information content (AvgIpc) is 1.64. The first-order valence-electron chi connectivity index (χ1n) is 38.0. The minimum absolute atomic E-state index is 0.0169. The van der Waals surface area contributed by atoms with Crippen molar-refractivity contribution in [3.8, 4) is 71.0 Å². The number of H-pyrrole nitrogens is 3. The fraction of sp³-hybridized carbons (Fsp3) is 0.427. The van der Waals surface area contributed by atoms with E-state index in [-0.39, 0.29) is 108 Å². The maximum atomic E-state index is 12.1. The molecule has 1 atom stereocenters. The molecule has 0 aliphatic carbocycles. The van der Waals surface area contributed by atoms with Crippen LogP contribution in [-0.4, -0.2) is 141 Å². The largest absolute Gasteiger partial charge is 0.383 e. The van der Waals surface area contributed by atoms with Crippen LogP contribution in [0.1, 0.15) is 221 Å². The molecule has 0 radical (unpaired) electrons. The second-order valence-electron chi connectivity index (χ2n) is 27.2. The molecular formula is C82H107N25O9. The molecule has 10 heterocycles. The van der Waals surface area contributed by atoms with Crippen molar-refractivity contribution in [1.82, 2.24) is 99.2 Å². The Kier molecular flexibility index (Phi) is 36.0. The van der Waals surface area contributed by atoms with Crippen molar-refractivity contribution < 1.29 is 24.0 Å². The smallest absolute Gasteiger partial charge is 0.328 e. The molecule has 0 bridgehead atoms. The highest BCUT2D eigenvalue weighted by Gasteiger charge is 2.25. The molecule has 0 aromatic carbocycles. The first kappa shape index (κ1) is 92.8. The third-order valence-corrected chi connectivity index (χ3v) is 16.6. The Bertz CT molecular complexity index is 5710. The zero-order valence-corrected chi connectivity index (χ0v) is 69.2. The van der Waals surface area contributed by atoms with Gasteiger partial charge in [-0.2, -0.15) is 9.97 Å². The lowest BCUT2D eigenvalue weighted by Crippen LogP contribution is -2.53. The number of urea groups is 1. The van der Waals surface area contributed by atoms with E-state index in [9.17, 15) is 43.2 Å². The highest BCUT2D eigenvalue weighted by molar-refractivity contribution is 5.94. The highest BCUT2D eigenvalue weighted by Crippen LogP contribution is 2.28. The van der Waals surface area contributed by atoms with Crippen LogP contribution < -0.4 is 77.6 Å². The predicted octanol–water partition coefficient (Wildman–Crippen LogP) is 6.36. The van der Waals surface area contributed by atoms with Crippen LogP contribution in [0, 0.1) is 71.0 Å². The Balaban J connectivity index is 0.000000249. The molecule has 6 amide bonds. The van der Waals surface area contributed by atoms with E-state index in [1.54, 1.807) is 40.1 Å². The molecule has 9 aromatic heterocycles. The summed E-state index contributed by atoms with van der Waals surface area (Å²) in [6.45, 7) is 35.9. The Morgan fingerprint density at radius 3 is 1.06 bits per heavy atom. The van der Waals surface area contributed by atoms with Crippen LogP contribution in [0.25, 0.3) is 44.1 Å². The van der Waals surface area contributed by atoms with Crippen molar-refractivity contribution in [3.05, 3.63) is 125 Å². The monoisotopic (exact) mass is 1590 g/mol. The molecule has 0 fully saturated rings. The number of nitrogens with one attached hydrogen (secondary N) is 8. The van der Waals surface area contributed by atoms with Gasteiger partial charge in [-0.05, 0) is 83.1 Å². The van der Waals surface area contributed by atoms with Crippen molar-refractivity contribution >= 4 is 97.3 Å². The van der Waals surface area contributed by atoms with Crippen molar-refractivity contribution in [2.24, 2.45) is 5.73 Å². The molecule has 10 rings (SSSR count). The zero-order chi connectivity index (χ0) is 86.2. The van der Waals surface area contributed by atoms with Gasteiger partial charge in [0.25, 0.3) is 16.7 Å². The second kappa shape index (κ2) is 45.0. The number of aromatic nitrogens is 14. The van der Waals surface area contributed by atoms with Crippen LogP contribution >= 0.6 is 0 Å². The van der Waals surface area contributed by atoms with Crippen LogP contribution in [-0.2, 0) is 19.2 Å². The van der Waals surface area contributed by atoms with Gasteiger partial charge in [0.2, 0.25) is 35.5 Å². The Morgan fingerprint density at radius 1 is 0.405 bits per heavy atom. The summed E-state index contributed by atoms with van der Waals surface area (Å²) in [5.74, 6) is 35.8. The number of nitrogen functional groups attached to an aromatic ring is 4. The summed E-state index contributed by atoms with van der Waals surface area (Å²) < 4.78 is 9.27. The molecule has 614 valence electrons. The lowest BCUT2D eigenvalue weighted by Gasteiger charge is -2.30. The van der Waals surface area contributed by atoms with Gasteiger partial charge in [-0.25, -0.2) is 29.5 Å². The fourth-order valence-corrected chi connectivity index (χ4v) is 10.5. The van der Waals surface area contributed by atoms with Crippen LogP contribution in [0.3, 0.4) is 0 Å². The third-order valence-electron chi connectivity index (χ3n) is 16.6. The van der Waals surface area contributed by atoms with E-state index in [2.05, 4.69) is 175 Å². The van der Waals surface area contributed by atoms with Gasteiger partial charge in [0, 0.05) is 112 Å². The Hall–Kier alpha value is -13.8. The van der Waals surface area contributed by atoms with Crippen LogP contribution in [0.2, 0.25) is 0 Å². The van der Waals surface area contributed by atoms with E-state index in [0.29, 0.717) is 88.7 Å². The lowest BCUT2D eigenvalue weighted by molar-refractivity contribution is -0.121. The molecular weight excluding hydrogens is 1480 g/mol. The van der Waals surface area contributed by atoms with Crippen LogP contribution in [0.4, 0.5) is 28.3 Å². The number of fused-ring (bicyclic) bond motifs is 4. The van der Waals surface area contributed by atoms with Crippen LogP contribution in [0.15, 0.2) is 74.6 Å². The van der Waals surface area contributed by atoms with E-state index in [0.717, 1.165) is 46.0 Å². The molecule has 0 spiro atoms. The zero-order valence-electron chi connectivity index (χ0n) is 69.2. The summed E-state index contributed by atoms with van der Waals surface area (Å²) in [7, 11) is 0. The molecule has 9 aromatic rings. The second-order valence-corrected chi connectivity index (χ2v) is 27.2. The Morgan fingerprint density at radius 2 is 0.724 bits per heavy atom. The topological polar surface area (TPSA) is 496 Å². The molecule has 1 aliphatic heterocycles. The molecule has 18 N–H and O–H groups in total. The van der Waals surface area contributed by atoms with E-state index in [1.165, 1.54) is 28.3 Å². The first-order valence-corrected chi connectivity index (χ1v) is 38.0. The van der Waals surface area contributed by atoms with E-state index < -0.39 is 17.4 Å². The summed E-state index contributed by atoms with van der Waals surface area (Å²) >= 11 is 0. The number of carbonyl (C=O) groups excluding carboxylic acids is 5. The maximum Gasteiger partial charge on any atom is 0.328 e. The lowest BCUT2D eigenvalue weighted by atomic mass is 10.2. The van der Waals surface area contributed by atoms with Gasteiger partial charge >= 0.3 is 11.7 Å². The van der Waals surface area contributed by atoms with Crippen molar-refractivity contribution in [3.63, 3.8) is 0 Å². The number of nitrogens with two attached hydrogens (primary N) is 5. The summed E-state index contributed by atoms with van der Waals surface area (Å²) in [5, 5.41) is 15.8. The number of amides is 6. The molecule has 1 aliphatic rings. The quantitative estimate of drug-likeness (QED) is 0.0527. The van der Waals surface area contributed by atoms with E-state index in [4.69, 9.17) is 28.7 Å². The van der Waals surface area contributed by atoms with E-state index in [1.807, 2.05) is 102 Å². The van der Waals surface area contributed by atoms with Crippen molar-refractivity contribution in [2.75, 3.05) is 49.1 Å². The number of hydrogen-bond donors (Lipinski definition) is 13. The normalized spacial score (nSPS) is 11.7. The molecule has 0 saturated heterocycles. The summed E-state index contributed by atoms with van der Waals surface area (Å²) in [6.07, 6.45) is 16.3. The SMILES string of the molecule is CCC#Cc1cn(C(C)C)c2nc(N)[nH]c(=O)c12.CCC#Cc1cn(C(C)C)c2ncnc(N)c12.CCC(=O)NCC#CC1=CN(C(C)C)C(=O)NC1N.CCC(=O)NCC#Cc1cn(C(C)C)c(=O)[nH]c1=O.CCC(=O)NCC#Cc1cn(C(C)C)c2nc(N)[nH]c(=O)c12.CCC(=O)NCC#Cc1cn(C(C)C)c2ncnc(N)c12. The van der Waals surface area contributed by atoms with Gasteiger partial charge in [0.05, 0.1) is 75.6 Å². The fourth-order valence-electron chi connectivity index (χ4n) is 10.5. The molecule has 116 heavy (non-hydrogen) atoms. The van der Waals surface area contributed by atoms with Gasteiger partial charge in [-0.3, -0.25) is 58.0 Å². The third kappa shape index (κ3) is 26.1. The molecule has 34 heteroatoms. The molecule has 1 unspecified atom stereocenters. The van der Waals surface area contributed by atoms with Gasteiger partial charge in [0.15, 0.2) is 11.3 Å². The van der Waals surface area contributed by atoms with E-state index >= 15 is 0 Å². The summed E-state index contributed by atoms with van der Waals surface area (Å²) in [5.41, 5.74) is 33.8. The van der Waals surface area contributed by atoms with Crippen molar-refractivity contribution in [1.29, 1.82) is 0 Å².